The third kappa shape index (κ3) is 5.55. The fourth-order valence-corrected chi connectivity index (χ4v) is 2.92. The van der Waals surface area contributed by atoms with Gasteiger partial charge in [-0.25, -0.2) is 9.11 Å². The molecule has 25 heavy (non-hydrogen) atoms. The molecule has 1 aromatic rings. The van der Waals surface area contributed by atoms with Crippen LogP contribution in [-0.4, -0.2) is 51.2 Å². The number of hydrogen-bond acceptors (Lipinski definition) is 5. The van der Waals surface area contributed by atoms with Gasteiger partial charge in [0, 0.05) is 20.1 Å². The van der Waals surface area contributed by atoms with Gasteiger partial charge in [-0.05, 0) is 26.0 Å². The van der Waals surface area contributed by atoms with Crippen molar-refractivity contribution in [1.29, 1.82) is 0 Å². The third-order valence-corrected chi connectivity index (χ3v) is 5.28. The number of benzene rings is 1. The van der Waals surface area contributed by atoms with E-state index in [4.69, 9.17) is 11.6 Å². The molecule has 3 N–H and O–H groups in total. The van der Waals surface area contributed by atoms with Crippen LogP contribution in [0.4, 0.5) is 10.1 Å². The molecule has 0 aliphatic heterocycles. The van der Waals surface area contributed by atoms with E-state index in [0.717, 1.165) is 16.4 Å². The van der Waals surface area contributed by atoms with Crippen molar-refractivity contribution in [2.24, 2.45) is 0 Å². The van der Waals surface area contributed by atoms with Gasteiger partial charge in [-0.15, -0.1) is 0 Å². The molecule has 0 spiro atoms. The molecule has 1 rings (SSSR count). The smallest absolute Gasteiger partial charge is 0.304 e. The Morgan fingerprint density at radius 2 is 1.92 bits per heavy atom. The maximum absolute atomic E-state index is 13.9. The summed E-state index contributed by atoms with van der Waals surface area (Å²) in [6.07, 6.45) is 0. The predicted octanol–water partition coefficient (Wildman–Crippen LogP) is 0.952. The summed E-state index contributed by atoms with van der Waals surface area (Å²) in [6, 6.07) is 1.53. The second kappa shape index (κ2) is 8.45. The molecule has 0 unspecified atom stereocenters. The van der Waals surface area contributed by atoms with Crippen LogP contribution < -0.4 is 15.4 Å². The van der Waals surface area contributed by atoms with Crippen molar-refractivity contribution in [3.05, 3.63) is 28.5 Å². The van der Waals surface area contributed by atoms with Crippen molar-refractivity contribution in [2.45, 2.75) is 19.9 Å². The first-order valence-electron chi connectivity index (χ1n) is 7.23. The van der Waals surface area contributed by atoms with Crippen molar-refractivity contribution < 1.29 is 22.4 Å². The number of anilines is 1. The second-order valence-electron chi connectivity index (χ2n) is 5.38. The normalized spacial score (nSPS) is 11.5. The Labute approximate surface area is 150 Å². The lowest BCUT2D eigenvalue weighted by molar-refractivity contribution is -0.118. The van der Waals surface area contributed by atoms with Gasteiger partial charge in [0.05, 0.1) is 22.8 Å². The summed E-state index contributed by atoms with van der Waals surface area (Å²) in [7, 11) is -1.36. The van der Waals surface area contributed by atoms with E-state index in [9.17, 15) is 22.4 Å². The largest absolute Gasteiger partial charge is 0.374 e. The van der Waals surface area contributed by atoms with Gasteiger partial charge in [-0.2, -0.15) is 12.7 Å². The number of carbonyl (C=O) groups is 2. The highest BCUT2D eigenvalue weighted by molar-refractivity contribution is 7.87. The lowest BCUT2D eigenvalue weighted by atomic mass is 10.2. The predicted molar refractivity (Wildman–Crippen MR) is 93.3 cm³/mol. The van der Waals surface area contributed by atoms with Crippen LogP contribution in [0.25, 0.3) is 0 Å². The summed E-state index contributed by atoms with van der Waals surface area (Å²) in [5.41, 5.74) is -0.407. The Kier molecular flexibility index (Phi) is 7.15. The van der Waals surface area contributed by atoms with Crippen LogP contribution in [0.1, 0.15) is 24.2 Å². The lowest BCUT2D eigenvalue weighted by Gasteiger charge is -2.21. The van der Waals surface area contributed by atoms with E-state index in [2.05, 4.69) is 10.6 Å². The molecule has 0 radical (unpaired) electrons. The molecule has 0 aromatic heterocycles. The number of rotatable bonds is 7. The molecule has 0 atom stereocenters. The van der Waals surface area contributed by atoms with Gasteiger partial charge in [-0.3, -0.25) is 9.59 Å². The van der Waals surface area contributed by atoms with E-state index in [1.807, 2.05) is 4.72 Å². The molecular formula is C14H20ClFN4O4S. The van der Waals surface area contributed by atoms with E-state index >= 15 is 0 Å². The minimum Gasteiger partial charge on any atom is -0.374 e. The highest BCUT2D eigenvalue weighted by atomic mass is 35.5. The van der Waals surface area contributed by atoms with Crippen LogP contribution in [0.15, 0.2) is 12.1 Å². The number of halogens is 2. The van der Waals surface area contributed by atoms with Gasteiger partial charge in [0.25, 0.3) is 5.91 Å². The Bertz CT molecular complexity index is 770. The van der Waals surface area contributed by atoms with E-state index in [-0.39, 0.29) is 28.9 Å². The Balaban J connectivity index is 3.08. The molecular weight excluding hydrogens is 375 g/mol. The first kappa shape index (κ1) is 21.1. The summed E-state index contributed by atoms with van der Waals surface area (Å²) < 4.78 is 40.9. The van der Waals surface area contributed by atoms with Crippen LogP contribution in [0.2, 0.25) is 5.02 Å². The molecule has 0 fully saturated rings. The zero-order chi connectivity index (χ0) is 19.4. The van der Waals surface area contributed by atoms with Crippen LogP contribution >= 0.6 is 11.6 Å². The summed E-state index contributed by atoms with van der Waals surface area (Å²) >= 11 is 5.84. The molecule has 0 aliphatic carbocycles. The lowest BCUT2D eigenvalue weighted by Crippen LogP contribution is -2.44. The molecule has 0 saturated heterocycles. The average Bonchev–Trinajstić information content (AvgIpc) is 2.52. The molecule has 0 heterocycles. The number of nitrogens with one attached hydrogen (secondary N) is 3. The van der Waals surface area contributed by atoms with Crippen LogP contribution in [-0.2, 0) is 15.0 Å². The maximum atomic E-state index is 13.9. The summed E-state index contributed by atoms with van der Waals surface area (Å²) in [5.74, 6) is -2.20. The monoisotopic (exact) mass is 394 g/mol. The Hall–Kier alpha value is -1.91. The number of hydrogen-bond donors (Lipinski definition) is 3. The Morgan fingerprint density at radius 1 is 1.32 bits per heavy atom. The summed E-state index contributed by atoms with van der Waals surface area (Å²) in [5, 5.41) is 4.59. The topological polar surface area (TPSA) is 108 Å². The van der Waals surface area contributed by atoms with E-state index in [1.54, 1.807) is 13.8 Å². The SMILES string of the molecule is CNC(=O)CNc1cc(C(=O)NS(=O)(=O)N(C)C(C)C)c(Cl)cc1F. The van der Waals surface area contributed by atoms with Crippen LogP contribution in [0.5, 0.6) is 0 Å². The zero-order valence-corrected chi connectivity index (χ0v) is 15.8. The zero-order valence-electron chi connectivity index (χ0n) is 14.2. The highest BCUT2D eigenvalue weighted by Gasteiger charge is 2.25. The second-order valence-corrected chi connectivity index (χ2v) is 7.52. The Morgan fingerprint density at radius 3 is 2.44 bits per heavy atom. The molecule has 140 valence electrons. The number of likely N-dealkylation sites (N-methyl/N-ethyl adjacent to an activating group) is 1. The van der Waals surface area contributed by atoms with Crippen LogP contribution in [0.3, 0.4) is 0 Å². The molecule has 11 heteroatoms. The van der Waals surface area contributed by atoms with Gasteiger partial charge in [-0.1, -0.05) is 11.6 Å². The minimum atomic E-state index is -4.08. The molecule has 1 aromatic carbocycles. The van der Waals surface area contributed by atoms with Gasteiger partial charge in [0.1, 0.15) is 5.82 Å². The quantitative estimate of drug-likeness (QED) is 0.638. The molecule has 0 aliphatic rings. The van der Waals surface area contributed by atoms with Crippen molar-refractivity contribution in [3.63, 3.8) is 0 Å². The highest BCUT2D eigenvalue weighted by Crippen LogP contribution is 2.24. The molecule has 8 nitrogen and oxygen atoms in total. The van der Waals surface area contributed by atoms with Crippen molar-refractivity contribution in [1.82, 2.24) is 14.3 Å². The molecule has 2 amide bonds. The van der Waals surface area contributed by atoms with Gasteiger partial charge >= 0.3 is 10.2 Å². The molecule has 0 saturated carbocycles. The fourth-order valence-electron chi connectivity index (χ4n) is 1.64. The summed E-state index contributed by atoms with van der Waals surface area (Å²) in [6.45, 7) is 3.04. The van der Waals surface area contributed by atoms with Gasteiger partial charge < -0.3 is 10.6 Å². The van der Waals surface area contributed by atoms with Gasteiger partial charge in [0.2, 0.25) is 5.91 Å². The third-order valence-electron chi connectivity index (χ3n) is 3.35. The van der Waals surface area contributed by atoms with E-state index < -0.39 is 27.8 Å². The first-order chi connectivity index (χ1) is 11.5. The minimum absolute atomic E-state index is 0.159. The standard InChI is InChI=1S/C14H20ClFN4O4S/c1-8(2)20(4)25(23,24)19-14(22)9-5-12(11(16)6-10(9)15)18-7-13(21)17-3/h5-6,8,18H,7H2,1-4H3,(H,17,21)(H,19,22). The molecule has 0 bridgehead atoms. The first-order valence-corrected chi connectivity index (χ1v) is 9.05. The number of amides is 2. The number of carbonyl (C=O) groups excluding carboxylic acids is 2. The average molecular weight is 395 g/mol. The summed E-state index contributed by atoms with van der Waals surface area (Å²) in [4.78, 5) is 23.5. The maximum Gasteiger partial charge on any atom is 0.304 e. The van der Waals surface area contributed by atoms with Crippen molar-refractivity contribution in [3.8, 4) is 0 Å². The van der Waals surface area contributed by atoms with Gasteiger partial charge in [0.15, 0.2) is 0 Å². The van der Waals surface area contributed by atoms with Crippen molar-refractivity contribution in [2.75, 3.05) is 26.0 Å². The van der Waals surface area contributed by atoms with E-state index in [1.165, 1.54) is 14.1 Å². The van der Waals surface area contributed by atoms with E-state index in [0.29, 0.717) is 0 Å². The fraction of sp³-hybridized carbons (Fsp3) is 0.429. The van der Waals surface area contributed by atoms with Crippen molar-refractivity contribution >= 4 is 39.3 Å². The van der Waals surface area contributed by atoms with Crippen LogP contribution in [0, 0.1) is 5.82 Å². The number of nitrogens with zero attached hydrogens (tertiary/aromatic N) is 1.